The van der Waals surface area contributed by atoms with Gasteiger partial charge in [0.15, 0.2) is 0 Å². The Morgan fingerprint density at radius 3 is 2.53 bits per heavy atom. The summed E-state index contributed by atoms with van der Waals surface area (Å²) in [5, 5.41) is 0. The van der Waals surface area contributed by atoms with Gasteiger partial charge in [-0.2, -0.15) is 0 Å². The Balaban J connectivity index is 1.96. The zero-order chi connectivity index (χ0) is 13.9. The predicted molar refractivity (Wildman–Crippen MR) is 77.9 cm³/mol. The molecule has 2 fully saturated rings. The van der Waals surface area contributed by atoms with Crippen molar-refractivity contribution in [3.63, 3.8) is 0 Å². The van der Waals surface area contributed by atoms with Crippen molar-refractivity contribution < 1.29 is 4.79 Å². The maximum Gasteiger partial charge on any atom is 0.229 e. The van der Waals surface area contributed by atoms with E-state index >= 15 is 0 Å². The monoisotopic (exact) mass is 267 g/mol. The molecule has 2 rings (SSSR count). The summed E-state index contributed by atoms with van der Waals surface area (Å²) in [7, 11) is 4.12. The molecule has 1 atom stereocenters. The number of hydrogen-bond acceptors (Lipinski definition) is 3. The standard InChI is InChI=1S/C15H29N3O/c1-17-10-6-7-13(17)11-18(2)14(19)15(12-16)8-4-3-5-9-15/h13H,3-12,16H2,1-2H3. The van der Waals surface area contributed by atoms with Crippen molar-refractivity contribution >= 4 is 5.91 Å². The number of amides is 1. The third kappa shape index (κ3) is 3.11. The fourth-order valence-corrected chi connectivity index (χ4v) is 3.75. The van der Waals surface area contributed by atoms with Crippen molar-refractivity contribution in [1.29, 1.82) is 0 Å². The van der Waals surface area contributed by atoms with Crippen LogP contribution in [0.2, 0.25) is 0 Å². The zero-order valence-electron chi connectivity index (χ0n) is 12.5. The lowest BCUT2D eigenvalue weighted by molar-refractivity contribution is -0.142. The second kappa shape index (κ2) is 6.23. The molecule has 2 aliphatic rings. The highest BCUT2D eigenvalue weighted by Crippen LogP contribution is 2.37. The molecule has 0 aromatic carbocycles. The Hall–Kier alpha value is -0.610. The van der Waals surface area contributed by atoms with E-state index in [2.05, 4.69) is 11.9 Å². The van der Waals surface area contributed by atoms with Crippen LogP contribution in [0.1, 0.15) is 44.9 Å². The van der Waals surface area contributed by atoms with Gasteiger partial charge in [-0.05, 0) is 39.3 Å². The summed E-state index contributed by atoms with van der Waals surface area (Å²) in [4.78, 5) is 17.1. The Labute approximate surface area is 117 Å². The summed E-state index contributed by atoms with van der Waals surface area (Å²) in [6, 6.07) is 0.535. The van der Waals surface area contributed by atoms with Crippen LogP contribution in [0.25, 0.3) is 0 Å². The molecule has 1 unspecified atom stereocenters. The minimum absolute atomic E-state index is 0.260. The third-order valence-corrected chi connectivity index (χ3v) is 5.16. The van der Waals surface area contributed by atoms with E-state index < -0.39 is 0 Å². The van der Waals surface area contributed by atoms with Crippen LogP contribution in [-0.4, -0.2) is 55.5 Å². The van der Waals surface area contributed by atoms with Gasteiger partial charge < -0.3 is 15.5 Å². The van der Waals surface area contributed by atoms with Crippen LogP contribution in [0.3, 0.4) is 0 Å². The molecule has 19 heavy (non-hydrogen) atoms. The Morgan fingerprint density at radius 2 is 2.00 bits per heavy atom. The molecule has 4 nitrogen and oxygen atoms in total. The highest BCUT2D eigenvalue weighted by molar-refractivity contribution is 5.83. The molecular weight excluding hydrogens is 238 g/mol. The molecule has 1 heterocycles. The summed E-state index contributed by atoms with van der Waals surface area (Å²) in [5.74, 6) is 0.287. The molecule has 1 saturated heterocycles. The van der Waals surface area contributed by atoms with Crippen molar-refractivity contribution in [2.45, 2.75) is 51.0 Å². The second-order valence-electron chi connectivity index (χ2n) is 6.51. The molecule has 0 aromatic heterocycles. The molecule has 0 aromatic rings. The van der Waals surface area contributed by atoms with Crippen LogP contribution < -0.4 is 5.73 Å². The van der Waals surface area contributed by atoms with E-state index in [9.17, 15) is 4.79 Å². The number of carbonyl (C=O) groups is 1. The van der Waals surface area contributed by atoms with Gasteiger partial charge in [0.1, 0.15) is 0 Å². The van der Waals surface area contributed by atoms with Crippen molar-refractivity contribution in [2.75, 3.05) is 33.7 Å². The SMILES string of the molecule is CN(CC1CCCN1C)C(=O)C1(CN)CCCCC1. The molecule has 0 bridgehead atoms. The highest BCUT2D eigenvalue weighted by Gasteiger charge is 2.40. The van der Waals surface area contributed by atoms with Gasteiger partial charge in [0.25, 0.3) is 0 Å². The maximum absolute atomic E-state index is 12.8. The number of likely N-dealkylation sites (tertiary alicyclic amines) is 1. The van der Waals surface area contributed by atoms with Crippen molar-refractivity contribution in [3.05, 3.63) is 0 Å². The first-order valence-electron chi connectivity index (χ1n) is 7.75. The van der Waals surface area contributed by atoms with Gasteiger partial charge in [-0.3, -0.25) is 4.79 Å². The van der Waals surface area contributed by atoms with Crippen LogP contribution in [0.15, 0.2) is 0 Å². The van der Waals surface area contributed by atoms with E-state index in [1.165, 1.54) is 19.3 Å². The van der Waals surface area contributed by atoms with Crippen LogP contribution in [0.4, 0.5) is 0 Å². The molecule has 1 amide bonds. The summed E-state index contributed by atoms with van der Waals surface area (Å²) in [6.45, 7) is 2.53. The van der Waals surface area contributed by atoms with Crippen LogP contribution in [0, 0.1) is 5.41 Å². The molecule has 1 saturated carbocycles. The molecule has 110 valence electrons. The maximum atomic E-state index is 12.8. The zero-order valence-corrected chi connectivity index (χ0v) is 12.5. The smallest absolute Gasteiger partial charge is 0.229 e. The van der Waals surface area contributed by atoms with E-state index in [4.69, 9.17) is 5.73 Å². The first-order valence-corrected chi connectivity index (χ1v) is 7.75. The van der Waals surface area contributed by atoms with Crippen LogP contribution in [0.5, 0.6) is 0 Å². The summed E-state index contributed by atoms with van der Waals surface area (Å²) >= 11 is 0. The van der Waals surface area contributed by atoms with E-state index in [1.54, 1.807) is 0 Å². The molecule has 0 spiro atoms. The largest absolute Gasteiger partial charge is 0.344 e. The van der Waals surface area contributed by atoms with Crippen molar-refractivity contribution in [1.82, 2.24) is 9.80 Å². The van der Waals surface area contributed by atoms with Gasteiger partial charge >= 0.3 is 0 Å². The lowest BCUT2D eigenvalue weighted by Crippen LogP contribution is -2.50. The second-order valence-corrected chi connectivity index (χ2v) is 6.51. The van der Waals surface area contributed by atoms with Gasteiger partial charge in [-0.25, -0.2) is 0 Å². The molecule has 2 N–H and O–H groups in total. The van der Waals surface area contributed by atoms with E-state index in [-0.39, 0.29) is 11.3 Å². The van der Waals surface area contributed by atoms with E-state index in [1.807, 2.05) is 11.9 Å². The molecule has 0 radical (unpaired) electrons. The van der Waals surface area contributed by atoms with Gasteiger partial charge in [0.05, 0.1) is 5.41 Å². The number of rotatable bonds is 4. The van der Waals surface area contributed by atoms with E-state index in [0.717, 1.165) is 38.8 Å². The number of nitrogens with zero attached hydrogens (tertiary/aromatic N) is 2. The summed E-state index contributed by atoms with van der Waals surface area (Å²) < 4.78 is 0. The molecular formula is C15H29N3O. The third-order valence-electron chi connectivity index (χ3n) is 5.16. The molecule has 1 aliphatic heterocycles. The minimum Gasteiger partial charge on any atom is -0.344 e. The van der Waals surface area contributed by atoms with Crippen molar-refractivity contribution in [2.24, 2.45) is 11.1 Å². The minimum atomic E-state index is -0.260. The van der Waals surface area contributed by atoms with Gasteiger partial charge in [0.2, 0.25) is 5.91 Å². The van der Waals surface area contributed by atoms with Crippen LogP contribution >= 0.6 is 0 Å². The fraction of sp³-hybridized carbons (Fsp3) is 0.933. The summed E-state index contributed by atoms with van der Waals surface area (Å²) in [6.07, 6.45) is 7.99. The fourth-order valence-electron chi connectivity index (χ4n) is 3.75. The number of carbonyl (C=O) groups excluding carboxylic acids is 1. The summed E-state index contributed by atoms with van der Waals surface area (Å²) in [5.41, 5.74) is 5.69. The first kappa shape index (κ1) is 14.8. The first-order chi connectivity index (χ1) is 9.09. The quantitative estimate of drug-likeness (QED) is 0.838. The topological polar surface area (TPSA) is 49.6 Å². The normalized spacial score (nSPS) is 27.4. The lowest BCUT2D eigenvalue weighted by atomic mass is 9.73. The van der Waals surface area contributed by atoms with Gasteiger partial charge in [-0.15, -0.1) is 0 Å². The van der Waals surface area contributed by atoms with Gasteiger partial charge in [-0.1, -0.05) is 19.3 Å². The lowest BCUT2D eigenvalue weighted by Gasteiger charge is -2.39. The Kier molecular flexibility index (Phi) is 4.85. The number of nitrogens with two attached hydrogens (primary N) is 1. The predicted octanol–water partition coefficient (Wildman–Crippen LogP) is 1.45. The van der Waals surface area contributed by atoms with Gasteiger partial charge in [0, 0.05) is 26.2 Å². The number of hydrogen-bond donors (Lipinski definition) is 1. The van der Waals surface area contributed by atoms with Crippen molar-refractivity contribution in [3.8, 4) is 0 Å². The highest BCUT2D eigenvalue weighted by atomic mass is 16.2. The Bertz CT molecular complexity index is 313. The average molecular weight is 267 g/mol. The average Bonchev–Trinajstić information content (AvgIpc) is 2.84. The number of likely N-dealkylation sites (N-methyl/N-ethyl adjacent to an activating group) is 2. The van der Waals surface area contributed by atoms with Crippen LogP contribution in [-0.2, 0) is 4.79 Å². The van der Waals surface area contributed by atoms with E-state index in [0.29, 0.717) is 12.6 Å². The molecule has 1 aliphatic carbocycles. The Morgan fingerprint density at radius 1 is 1.32 bits per heavy atom. The molecule has 4 heteroatoms.